The van der Waals surface area contributed by atoms with Crippen LogP contribution in [0.2, 0.25) is 0 Å². The number of amides is 3. The maximum Gasteiger partial charge on any atom is 0.249 e. The molecule has 39 heavy (non-hydrogen) atoms. The predicted octanol–water partition coefficient (Wildman–Crippen LogP) is 2.81. The minimum absolute atomic E-state index is 0.187. The third-order valence-electron chi connectivity index (χ3n) is 8.80. The van der Waals surface area contributed by atoms with Crippen LogP contribution in [0.3, 0.4) is 0 Å². The zero-order valence-corrected chi connectivity index (χ0v) is 23.9. The van der Waals surface area contributed by atoms with Crippen molar-refractivity contribution in [3.63, 3.8) is 0 Å². The van der Waals surface area contributed by atoms with Gasteiger partial charge in [-0.1, -0.05) is 42.5 Å². The quantitative estimate of drug-likeness (QED) is 0.464. The Morgan fingerprint density at radius 3 is 2.36 bits per heavy atom. The zero-order chi connectivity index (χ0) is 28.8. The lowest BCUT2D eigenvalue weighted by molar-refractivity contribution is -0.158. The molecule has 0 saturated carbocycles. The maximum absolute atomic E-state index is 14.6. The molecule has 3 aliphatic rings. The molecule has 8 nitrogen and oxygen atoms in total. The molecule has 1 spiro atoms. The van der Waals surface area contributed by atoms with Crippen molar-refractivity contribution < 1.29 is 24.2 Å². The fourth-order valence-corrected chi connectivity index (χ4v) is 7.04. The Balaban J connectivity index is 1.85. The number of fused-ring (bicyclic) bond motifs is 1. The first-order valence-corrected chi connectivity index (χ1v) is 13.8. The van der Waals surface area contributed by atoms with Gasteiger partial charge in [-0.05, 0) is 52.5 Å². The van der Waals surface area contributed by atoms with Gasteiger partial charge in [0.2, 0.25) is 17.7 Å². The number of rotatable bonds is 10. The largest absolute Gasteiger partial charge is 0.394 e. The molecule has 1 N–H and O–H groups in total. The smallest absolute Gasteiger partial charge is 0.249 e. The molecule has 0 aliphatic carbocycles. The number of likely N-dealkylation sites (N-methyl/N-ethyl adjacent to an activating group) is 1. The van der Waals surface area contributed by atoms with Gasteiger partial charge in [-0.3, -0.25) is 14.4 Å². The summed E-state index contributed by atoms with van der Waals surface area (Å²) in [6.07, 6.45) is 4.75. The van der Waals surface area contributed by atoms with Gasteiger partial charge in [-0.15, -0.1) is 13.2 Å². The molecule has 2 bridgehead atoms. The molecule has 2 unspecified atom stereocenters. The van der Waals surface area contributed by atoms with Crippen LogP contribution in [-0.4, -0.2) is 93.1 Å². The summed E-state index contributed by atoms with van der Waals surface area (Å²) in [5.74, 6) is -2.29. The first kappa shape index (κ1) is 29.0. The van der Waals surface area contributed by atoms with Crippen molar-refractivity contribution >= 4 is 17.7 Å². The van der Waals surface area contributed by atoms with Gasteiger partial charge in [0.1, 0.15) is 11.6 Å². The Bertz CT molecular complexity index is 1130. The number of aliphatic hydroxyl groups excluding tert-OH is 1. The van der Waals surface area contributed by atoms with Crippen molar-refractivity contribution in [1.82, 2.24) is 14.7 Å². The van der Waals surface area contributed by atoms with Crippen molar-refractivity contribution in [2.75, 3.05) is 26.7 Å². The number of hydrogen-bond donors (Lipinski definition) is 1. The SMILES string of the molecule is C=CCN(C)C(=O)[C@H]1[C@H]2C(=O)N([C@@H](CO)Cc3ccccc3)C(C(=O)N(CC=C)C(C)(C)C)C23CC[C@]1(C)O3. The summed E-state index contributed by atoms with van der Waals surface area (Å²) in [7, 11) is 1.70. The van der Waals surface area contributed by atoms with Gasteiger partial charge < -0.3 is 24.5 Å². The Labute approximate surface area is 232 Å². The Morgan fingerprint density at radius 1 is 1.15 bits per heavy atom. The number of benzene rings is 1. The molecule has 212 valence electrons. The van der Waals surface area contributed by atoms with Gasteiger partial charge in [-0.2, -0.15) is 0 Å². The van der Waals surface area contributed by atoms with E-state index in [9.17, 15) is 19.5 Å². The summed E-state index contributed by atoms with van der Waals surface area (Å²) < 4.78 is 6.76. The van der Waals surface area contributed by atoms with E-state index < -0.39 is 40.7 Å². The van der Waals surface area contributed by atoms with E-state index in [2.05, 4.69) is 13.2 Å². The average molecular weight is 538 g/mol. The van der Waals surface area contributed by atoms with Gasteiger partial charge in [0.25, 0.3) is 0 Å². The second-order valence-electron chi connectivity index (χ2n) is 12.4. The molecule has 0 aromatic heterocycles. The molecular weight excluding hydrogens is 494 g/mol. The number of likely N-dealkylation sites (tertiary alicyclic amines) is 1. The van der Waals surface area contributed by atoms with Crippen LogP contribution in [0.5, 0.6) is 0 Å². The van der Waals surface area contributed by atoms with Crippen LogP contribution < -0.4 is 0 Å². The molecule has 3 saturated heterocycles. The van der Waals surface area contributed by atoms with Crippen molar-refractivity contribution in [2.24, 2.45) is 11.8 Å². The molecule has 3 heterocycles. The number of nitrogens with zero attached hydrogens (tertiary/aromatic N) is 3. The molecule has 3 amide bonds. The highest BCUT2D eigenvalue weighted by molar-refractivity contribution is 5.99. The number of carbonyl (C=O) groups excluding carboxylic acids is 3. The Morgan fingerprint density at radius 2 is 1.79 bits per heavy atom. The lowest BCUT2D eigenvalue weighted by Gasteiger charge is -2.43. The minimum Gasteiger partial charge on any atom is -0.394 e. The molecule has 8 heteroatoms. The van der Waals surface area contributed by atoms with E-state index in [1.54, 1.807) is 33.9 Å². The maximum atomic E-state index is 14.6. The normalized spacial score (nSPS) is 30.2. The highest BCUT2D eigenvalue weighted by Gasteiger charge is 2.79. The third kappa shape index (κ3) is 4.72. The Hall–Kier alpha value is -2.97. The van der Waals surface area contributed by atoms with E-state index in [1.807, 2.05) is 58.0 Å². The lowest BCUT2D eigenvalue weighted by atomic mass is 9.66. The molecule has 4 rings (SSSR count). The van der Waals surface area contributed by atoms with Crippen LogP contribution in [0.15, 0.2) is 55.6 Å². The number of aliphatic hydroxyl groups is 1. The van der Waals surface area contributed by atoms with E-state index in [0.29, 0.717) is 32.4 Å². The van der Waals surface area contributed by atoms with Crippen LogP contribution in [0, 0.1) is 11.8 Å². The van der Waals surface area contributed by atoms with Crippen molar-refractivity contribution in [1.29, 1.82) is 0 Å². The van der Waals surface area contributed by atoms with Crippen LogP contribution in [0.4, 0.5) is 0 Å². The predicted molar refractivity (Wildman–Crippen MR) is 150 cm³/mol. The first-order chi connectivity index (χ1) is 18.4. The Kier molecular flexibility index (Phi) is 7.85. The van der Waals surface area contributed by atoms with E-state index >= 15 is 0 Å². The third-order valence-corrected chi connectivity index (χ3v) is 8.80. The highest BCUT2D eigenvalue weighted by atomic mass is 16.5. The van der Waals surface area contributed by atoms with Gasteiger partial charge in [-0.25, -0.2) is 0 Å². The summed E-state index contributed by atoms with van der Waals surface area (Å²) >= 11 is 0. The highest BCUT2D eigenvalue weighted by Crippen LogP contribution is 2.64. The fraction of sp³-hybridized carbons (Fsp3) is 0.581. The van der Waals surface area contributed by atoms with Crippen LogP contribution >= 0.6 is 0 Å². The van der Waals surface area contributed by atoms with Crippen LogP contribution in [-0.2, 0) is 25.5 Å². The van der Waals surface area contributed by atoms with Crippen LogP contribution in [0.25, 0.3) is 0 Å². The van der Waals surface area contributed by atoms with E-state index in [-0.39, 0.29) is 24.3 Å². The van der Waals surface area contributed by atoms with Gasteiger partial charge in [0, 0.05) is 25.7 Å². The number of ether oxygens (including phenoxy) is 1. The summed E-state index contributed by atoms with van der Waals surface area (Å²) in [5.41, 5.74) is -1.63. The first-order valence-electron chi connectivity index (χ1n) is 13.8. The molecular formula is C31H43N3O5. The number of hydrogen-bond acceptors (Lipinski definition) is 5. The molecule has 0 radical (unpaired) electrons. The monoisotopic (exact) mass is 537 g/mol. The molecule has 3 fully saturated rings. The van der Waals surface area contributed by atoms with Crippen LogP contribution in [0.1, 0.15) is 46.1 Å². The molecule has 1 aromatic rings. The van der Waals surface area contributed by atoms with Gasteiger partial charge in [0.05, 0.1) is 30.1 Å². The number of carbonyl (C=O) groups is 3. The van der Waals surface area contributed by atoms with Gasteiger partial charge in [0.15, 0.2) is 0 Å². The molecule has 3 aliphatic heterocycles. The molecule has 1 aromatic carbocycles. The summed E-state index contributed by atoms with van der Waals surface area (Å²) in [6, 6.07) is 7.99. The topological polar surface area (TPSA) is 90.4 Å². The lowest BCUT2D eigenvalue weighted by Crippen LogP contribution is -2.62. The standard InChI is InChI=1S/C31H43N3O5/c1-8-17-32(7)26(36)23-24-27(37)34(22(20-35)19-21-13-11-10-12-14-21)25(31(24)16-15-30(23,6)39-31)28(38)33(18-9-2)29(3,4)5/h8-14,22-25,35H,1-2,15-20H2,3-7H3/t22-,23-,24+,25?,30+,31?/m1/s1. The average Bonchev–Trinajstić information content (AvgIpc) is 3.46. The van der Waals surface area contributed by atoms with E-state index in [0.717, 1.165) is 5.56 Å². The fourth-order valence-electron chi connectivity index (χ4n) is 7.04. The van der Waals surface area contributed by atoms with Crippen molar-refractivity contribution in [3.8, 4) is 0 Å². The van der Waals surface area contributed by atoms with Crippen molar-refractivity contribution in [2.45, 2.75) is 75.8 Å². The van der Waals surface area contributed by atoms with Gasteiger partial charge >= 0.3 is 0 Å². The zero-order valence-electron chi connectivity index (χ0n) is 23.9. The van der Waals surface area contributed by atoms with Crippen molar-refractivity contribution in [3.05, 3.63) is 61.2 Å². The minimum atomic E-state index is -1.16. The van der Waals surface area contributed by atoms with E-state index in [4.69, 9.17) is 4.74 Å². The molecule has 6 atom stereocenters. The summed E-state index contributed by atoms with van der Waals surface area (Å²) in [6.45, 7) is 15.7. The summed E-state index contributed by atoms with van der Waals surface area (Å²) in [4.78, 5) is 47.7. The summed E-state index contributed by atoms with van der Waals surface area (Å²) in [5, 5.41) is 10.6. The second-order valence-corrected chi connectivity index (χ2v) is 12.4. The van der Waals surface area contributed by atoms with E-state index in [1.165, 1.54) is 0 Å². The second kappa shape index (κ2) is 10.5.